The molecule has 0 radical (unpaired) electrons. The molecule has 0 bridgehead atoms. The molecule has 0 saturated carbocycles. The summed E-state index contributed by atoms with van der Waals surface area (Å²) < 4.78 is 4.93. The van der Waals surface area contributed by atoms with E-state index in [-0.39, 0.29) is 26.5 Å². The van der Waals surface area contributed by atoms with Gasteiger partial charge in [0.1, 0.15) is 0 Å². The van der Waals surface area contributed by atoms with Gasteiger partial charge in [-0.05, 0) is 36.4 Å². The number of ether oxygens (including phenoxy) is 1. The van der Waals surface area contributed by atoms with Crippen LogP contribution in [0.25, 0.3) is 0 Å². The largest absolute Gasteiger partial charge is 0.452 e. The van der Waals surface area contributed by atoms with Crippen molar-refractivity contribution in [1.29, 1.82) is 0 Å². The third-order valence-corrected chi connectivity index (χ3v) is 4.52. The summed E-state index contributed by atoms with van der Waals surface area (Å²) in [6.45, 7) is -0.545. The van der Waals surface area contributed by atoms with E-state index in [1.165, 1.54) is 17.0 Å². The molecule has 0 aliphatic rings. The number of esters is 1. The molecular weight excluding hydrogens is 415 g/mol. The molecule has 0 aliphatic carbocycles. The molecule has 2 amide bonds. The molecule has 2 aromatic rings. The summed E-state index contributed by atoms with van der Waals surface area (Å²) in [7, 11) is 3.29. The zero-order valence-corrected chi connectivity index (χ0v) is 16.7. The van der Waals surface area contributed by atoms with Crippen molar-refractivity contribution in [2.24, 2.45) is 0 Å². The average molecular weight is 430 g/mol. The molecule has 0 heterocycles. The monoisotopic (exact) mass is 428 g/mol. The van der Waals surface area contributed by atoms with Gasteiger partial charge in [0.05, 0.1) is 20.6 Å². The molecule has 0 atom stereocenters. The minimum absolute atomic E-state index is 0.0456. The molecule has 0 unspecified atom stereocenters. The molecule has 0 saturated heterocycles. The minimum atomic E-state index is -0.866. The van der Waals surface area contributed by atoms with E-state index in [1.807, 2.05) is 0 Å². The maximum atomic E-state index is 12.1. The third-order valence-electron chi connectivity index (χ3n) is 3.40. The van der Waals surface area contributed by atoms with Gasteiger partial charge in [0, 0.05) is 25.3 Å². The average Bonchev–Trinajstić information content (AvgIpc) is 2.63. The Morgan fingerprint density at radius 1 is 0.963 bits per heavy atom. The summed E-state index contributed by atoms with van der Waals surface area (Å²) in [6.07, 6.45) is 0. The van der Waals surface area contributed by atoms with Gasteiger partial charge in [-0.2, -0.15) is 0 Å². The van der Waals surface area contributed by atoms with Crippen LogP contribution in [0.1, 0.15) is 20.7 Å². The van der Waals surface area contributed by atoms with Gasteiger partial charge in [-0.15, -0.1) is 0 Å². The number of nitrogens with zero attached hydrogens (tertiary/aromatic N) is 1. The van der Waals surface area contributed by atoms with Gasteiger partial charge >= 0.3 is 5.97 Å². The van der Waals surface area contributed by atoms with Crippen molar-refractivity contribution in [3.05, 3.63) is 62.6 Å². The highest BCUT2D eigenvalue weighted by atomic mass is 35.5. The number of carbonyl (C=O) groups excluding carboxylic acids is 3. The maximum absolute atomic E-state index is 12.1. The van der Waals surface area contributed by atoms with Crippen LogP contribution in [0.4, 0.5) is 5.69 Å². The van der Waals surface area contributed by atoms with Gasteiger partial charge in [-0.1, -0.05) is 34.8 Å². The van der Waals surface area contributed by atoms with Gasteiger partial charge in [0.15, 0.2) is 6.61 Å². The highest BCUT2D eigenvalue weighted by Gasteiger charge is 2.19. The van der Waals surface area contributed by atoms with E-state index in [9.17, 15) is 14.4 Å². The van der Waals surface area contributed by atoms with E-state index < -0.39 is 18.5 Å². The quantitative estimate of drug-likeness (QED) is 0.572. The third kappa shape index (κ3) is 5.35. The number of benzene rings is 2. The molecule has 2 rings (SSSR count). The number of amides is 2. The molecule has 0 aromatic heterocycles. The zero-order valence-electron chi connectivity index (χ0n) is 14.4. The molecule has 27 heavy (non-hydrogen) atoms. The fourth-order valence-electron chi connectivity index (χ4n) is 2.07. The van der Waals surface area contributed by atoms with Crippen LogP contribution in [0.15, 0.2) is 36.4 Å². The summed E-state index contributed by atoms with van der Waals surface area (Å²) >= 11 is 17.7. The predicted octanol–water partition coefficient (Wildman–Crippen LogP) is 4.14. The SMILES string of the molecule is CN(C)C(=O)c1ccc(NC(=O)COC(=O)c2c(Cl)ccc(Cl)c2Cl)cc1. The van der Waals surface area contributed by atoms with Crippen molar-refractivity contribution in [1.82, 2.24) is 4.90 Å². The van der Waals surface area contributed by atoms with E-state index in [1.54, 1.807) is 38.4 Å². The van der Waals surface area contributed by atoms with Crippen LogP contribution in [-0.4, -0.2) is 43.4 Å². The van der Waals surface area contributed by atoms with E-state index in [2.05, 4.69) is 5.32 Å². The fourth-order valence-corrected chi connectivity index (χ4v) is 2.75. The number of anilines is 1. The van der Waals surface area contributed by atoms with Crippen molar-refractivity contribution in [3.8, 4) is 0 Å². The van der Waals surface area contributed by atoms with Crippen LogP contribution in [0.2, 0.25) is 15.1 Å². The lowest BCUT2D eigenvalue weighted by molar-refractivity contribution is -0.119. The molecule has 1 N–H and O–H groups in total. The Morgan fingerprint density at radius 2 is 1.56 bits per heavy atom. The lowest BCUT2D eigenvalue weighted by Gasteiger charge is -2.11. The molecule has 9 heteroatoms. The van der Waals surface area contributed by atoms with Crippen molar-refractivity contribution < 1.29 is 19.1 Å². The Balaban J connectivity index is 1.96. The number of halogens is 3. The number of hydrogen-bond donors (Lipinski definition) is 1. The van der Waals surface area contributed by atoms with Crippen LogP contribution >= 0.6 is 34.8 Å². The summed E-state index contributed by atoms with van der Waals surface area (Å²) in [5.41, 5.74) is 0.824. The Kier molecular flexibility index (Phi) is 7.07. The molecule has 0 spiro atoms. The van der Waals surface area contributed by atoms with Gasteiger partial charge in [-0.3, -0.25) is 9.59 Å². The van der Waals surface area contributed by atoms with Gasteiger partial charge < -0.3 is 15.0 Å². The lowest BCUT2D eigenvalue weighted by Crippen LogP contribution is -2.22. The van der Waals surface area contributed by atoms with Crippen molar-refractivity contribution in [2.45, 2.75) is 0 Å². The number of carbonyl (C=O) groups is 3. The van der Waals surface area contributed by atoms with Crippen molar-refractivity contribution in [3.63, 3.8) is 0 Å². The fraction of sp³-hybridized carbons (Fsp3) is 0.167. The van der Waals surface area contributed by atoms with Crippen LogP contribution < -0.4 is 5.32 Å². The van der Waals surface area contributed by atoms with Crippen LogP contribution in [0, 0.1) is 0 Å². The van der Waals surface area contributed by atoms with Crippen molar-refractivity contribution >= 4 is 58.3 Å². The summed E-state index contributed by atoms with van der Waals surface area (Å²) in [5, 5.41) is 2.72. The second-order valence-corrected chi connectivity index (χ2v) is 6.81. The molecule has 6 nitrogen and oxygen atoms in total. The van der Waals surface area contributed by atoms with E-state index in [4.69, 9.17) is 39.5 Å². The normalized spacial score (nSPS) is 10.3. The topological polar surface area (TPSA) is 75.7 Å². The minimum Gasteiger partial charge on any atom is -0.452 e. The van der Waals surface area contributed by atoms with Gasteiger partial charge in [0.2, 0.25) is 0 Å². The molecule has 2 aromatic carbocycles. The second-order valence-electron chi connectivity index (χ2n) is 5.62. The Labute approximate surface area is 170 Å². The lowest BCUT2D eigenvalue weighted by atomic mass is 10.2. The number of rotatable bonds is 5. The Hall–Kier alpha value is -2.28. The summed E-state index contributed by atoms with van der Waals surface area (Å²) in [6, 6.07) is 9.15. The zero-order chi connectivity index (χ0) is 20.1. The van der Waals surface area contributed by atoms with E-state index >= 15 is 0 Å². The smallest absolute Gasteiger partial charge is 0.341 e. The summed E-state index contributed by atoms with van der Waals surface area (Å²) in [5.74, 6) is -1.59. The van der Waals surface area contributed by atoms with E-state index in [0.717, 1.165) is 0 Å². The van der Waals surface area contributed by atoms with E-state index in [0.29, 0.717) is 11.3 Å². The first-order valence-electron chi connectivity index (χ1n) is 7.63. The van der Waals surface area contributed by atoms with Gasteiger partial charge in [0.25, 0.3) is 11.8 Å². The first-order valence-corrected chi connectivity index (χ1v) is 8.76. The highest BCUT2D eigenvalue weighted by molar-refractivity contribution is 6.46. The van der Waals surface area contributed by atoms with Gasteiger partial charge in [-0.25, -0.2) is 4.79 Å². The second kappa shape index (κ2) is 9.08. The van der Waals surface area contributed by atoms with Crippen LogP contribution in [0.3, 0.4) is 0 Å². The summed E-state index contributed by atoms with van der Waals surface area (Å²) in [4.78, 5) is 37.3. The van der Waals surface area contributed by atoms with Crippen LogP contribution in [0.5, 0.6) is 0 Å². The Bertz CT molecular complexity index is 883. The van der Waals surface area contributed by atoms with Crippen LogP contribution in [-0.2, 0) is 9.53 Å². The number of nitrogens with one attached hydrogen (secondary N) is 1. The Morgan fingerprint density at radius 3 is 2.15 bits per heavy atom. The molecule has 142 valence electrons. The predicted molar refractivity (Wildman–Crippen MR) is 105 cm³/mol. The molecule has 0 fully saturated rings. The first kappa shape index (κ1) is 21.0. The van der Waals surface area contributed by atoms with Crippen molar-refractivity contribution in [2.75, 3.05) is 26.0 Å². The standard InChI is InChI=1S/C18H15Cl3N2O4/c1-23(2)17(25)10-3-5-11(6-4-10)22-14(24)9-27-18(26)15-12(19)7-8-13(20)16(15)21/h3-8H,9H2,1-2H3,(H,22,24). The maximum Gasteiger partial charge on any atom is 0.341 e. The highest BCUT2D eigenvalue weighted by Crippen LogP contribution is 2.31. The first-order chi connectivity index (χ1) is 12.7. The molecule has 0 aliphatic heterocycles. The number of hydrogen-bond acceptors (Lipinski definition) is 4. The molecular formula is C18H15Cl3N2O4.